The molecule has 1 aromatic rings. The Bertz CT molecular complexity index is 332. The fraction of sp³-hybridized carbons (Fsp3) is 0.556. The third-order valence-corrected chi connectivity index (χ3v) is 2.04. The van der Waals surface area contributed by atoms with Gasteiger partial charge in [0.1, 0.15) is 0 Å². The average Bonchev–Trinajstić information content (AvgIpc) is 2.98. The van der Waals surface area contributed by atoms with Crippen molar-refractivity contribution in [2.75, 3.05) is 6.61 Å². The second-order valence-corrected chi connectivity index (χ2v) is 3.47. The molecule has 0 aliphatic heterocycles. The third-order valence-electron chi connectivity index (χ3n) is 2.04. The van der Waals surface area contributed by atoms with Crippen LogP contribution in [0.2, 0.25) is 0 Å². The third kappa shape index (κ3) is 3.07. The zero-order chi connectivity index (χ0) is 10.9. The van der Waals surface area contributed by atoms with Gasteiger partial charge in [0.05, 0.1) is 5.69 Å². The van der Waals surface area contributed by atoms with E-state index in [1.54, 1.807) is 6.07 Å². The van der Waals surface area contributed by atoms with E-state index in [-0.39, 0.29) is 5.88 Å². The highest BCUT2D eigenvalue weighted by Crippen LogP contribution is 2.38. The molecule has 0 unspecified atom stereocenters. The topological polar surface area (TPSA) is 35.0 Å². The summed E-state index contributed by atoms with van der Waals surface area (Å²) in [6.45, 7) is -1.33. The Morgan fingerprint density at radius 1 is 1.27 bits per heavy atom. The minimum Gasteiger partial charge on any atom is -0.467 e. The summed E-state index contributed by atoms with van der Waals surface area (Å²) in [7, 11) is 0. The van der Waals surface area contributed by atoms with Crippen LogP contribution in [0.3, 0.4) is 0 Å². The Balaban J connectivity index is 1.92. The van der Waals surface area contributed by atoms with E-state index in [0.29, 0.717) is 5.92 Å². The molecule has 1 aliphatic rings. The standard InChI is InChI=1S/C9H9F3N2O/c10-9(11,12)5-15-8-4-3-7(13-14-8)6-1-2-6/h3-4,6H,1-2,5H2. The SMILES string of the molecule is FC(F)(F)COc1ccc(C2CC2)nn1. The second kappa shape index (κ2) is 3.67. The van der Waals surface area contributed by atoms with Crippen molar-refractivity contribution < 1.29 is 17.9 Å². The van der Waals surface area contributed by atoms with Crippen molar-refractivity contribution in [3.63, 3.8) is 0 Å². The van der Waals surface area contributed by atoms with Crippen molar-refractivity contribution in [1.29, 1.82) is 0 Å². The Morgan fingerprint density at radius 3 is 2.47 bits per heavy atom. The predicted molar refractivity (Wildman–Crippen MR) is 45.6 cm³/mol. The molecule has 1 fully saturated rings. The van der Waals surface area contributed by atoms with E-state index in [1.807, 2.05) is 0 Å². The van der Waals surface area contributed by atoms with Gasteiger partial charge in [0.2, 0.25) is 5.88 Å². The highest BCUT2D eigenvalue weighted by Gasteiger charge is 2.29. The first-order valence-electron chi connectivity index (χ1n) is 4.58. The molecule has 15 heavy (non-hydrogen) atoms. The summed E-state index contributed by atoms with van der Waals surface area (Å²) in [6.07, 6.45) is -2.17. The number of alkyl halides is 3. The molecule has 0 atom stereocenters. The van der Waals surface area contributed by atoms with Gasteiger partial charge in [-0.25, -0.2) is 0 Å². The van der Waals surface area contributed by atoms with Crippen LogP contribution in [0.5, 0.6) is 5.88 Å². The van der Waals surface area contributed by atoms with Gasteiger partial charge < -0.3 is 4.74 Å². The summed E-state index contributed by atoms with van der Waals surface area (Å²) in [5, 5.41) is 7.37. The lowest BCUT2D eigenvalue weighted by Gasteiger charge is -2.07. The summed E-state index contributed by atoms with van der Waals surface area (Å²) in [5.74, 6) is 0.353. The predicted octanol–water partition coefficient (Wildman–Crippen LogP) is 2.30. The van der Waals surface area contributed by atoms with Gasteiger partial charge in [-0.05, 0) is 18.9 Å². The van der Waals surface area contributed by atoms with E-state index in [0.717, 1.165) is 18.5 Å². The summed E-state index contributed by atoms with van der Waals surface area (Å²) in [6, 6.07) is 3.09. The maximum Gasteiger partial charge on any atom is 0.422 e. The van der Waals surface area contributed by atoms with Crippen LogP contribution in [-0.2, 0) is 0 Å². The first kappa shape index (κ1) is 10.2. The Labute approximate surface area is 84.3 Å². The van der Waals surface area contributed by atoms with Gasteiger partial charge in [-0.3, -0.25) is 0 Å². The van der Waals surface area contributed by atoms with Crippen molar-refractivity contribution >= 4 is 0 Å². The Morgan fingerprint density at radius 2 is 2.00 bits per heavy atom. The maximum atomic E-state index is 11.8. The van der Waals surface area contributed by atoms with Crippen molar-refractivity contribution in [2.24, 2.45) is 0 Å². The number of ether oxygens (including phenoxy) is 1. The van der Waals surface area contributed by atoms with E-state index < -0.39 is 12.8 Å². The number of halogens is 3. The van der Waals surface area contributed by atoms with Crippen LogP contribution in [0.4, 0.5) is 13.2 Å². The lowest BCUT2D eigenvalue weighted by Crippen LogP contribution is -2.19. The largest absolute Gasteiger partial charge is 0.467 e. The van der Waals surface area contributed by atoms with Crippen molar-refractivity contribution in [3.8, 4) is 5.88 Å². The molecule has 0 bridgehead atoms. The van der Waals surface area contributed by atoms with E-state index in [1.165, 1.54) is 6.07 Å². The molecule has 0 saturated heterocycles. The lowest BCUT2D eigenvalue weighted by molar-refractivity contribution is -0.154. The number of hydrogen-bond donors (Lipinski definition) is 0. The summed E-state index contributed by atoms with van der Waals surface area (Å²) >= 11 is 0. The van der Waals surface area contributed by atoms with Gasteiger partial charge in [0.25, 0.3) is 0 Å². The molecule has 1 aliphatic carbocycles. The van der Waals surface area contributed by atoms with Crippen LogP contribution in [0.25, 0.3) is 0 Å². The van der Waals surface area contributed by atoms with Crippen molar-refractivity contribution in [1.82, 2.24) is 10.2 Å². The van der Waals surface area contributed by atoms with Crippen LogP contribution in [-0.4, -0.2) is 23.0 Å². The highest BCUT2D eigenvalue weighted by molar-refractivity contribution is 5.17. The summed E-state index contributed by atoms with van der Waals surface area (Å²) in [4.78, 5) is 0. The number of nitrogens with zero attached hydrogens (tertiary/aromatic N) is 2. The molecule has 1 aromatic heterocycles. The molecule has 0 amide bonds. The molecule has 3 nitrogen and oxygen atoms in total. The van der Waals surface area contributed by atoms with Gasteiger partial charge in [0.15, 0.2) is 6.61 Å². The number of rotatable bonds is 3. The van der Waals surface area contributed by atoms with E-state index >= 15 is 0 Å². The molecule has 82 valence electrons. The monoisotopic (exact) mass is 218 g/mol. The van der Waals surface area contributed by atoms with Crippen LogP contribution in [0, 0.1) is 0 Å². The van der Waals surface area contributed by atoms with Gasteiger partial charge in [0, 0.05) is 12.0 Å². The van der Waals surface area contributed by atoms with Gasteiger partial charge in [-0.1, -0.05) is 0 Å². The average molecular weight is 218 g/mol. The van der Waals surface area contributed by atoms with Gasteiger partial charge in [-0.15, -0.1) is 5.10 Å². The minimum atomic E-state index is -4.34. The Kier molecular flexibility index (Phi) is 2.50. The molecule has 0 N–H and O–H groups in total. The number of hydrogen-bond acceptors (Lipinski definition) is 3. The van der Waals surface area contributed by atoms with Gasteiger partial charge >= 0.3 is 6.18 Å². The van der Waals surface area contributed by atoms with E-state index in [9.17, 15) is 13.2 Å². The summed E-state index contributed by atoms with van der Waals surface area (Å²) in [5.41, 5.74) is 0.828. The molecule has 2 rings (SSSR count). The normalized spacial score (nSPS) is 16.5. The molecular formula is C9H9F3N2O. The minimum absolute atomic E-state index is 0.0864. The summed E-state index contributed by atoms with van der Waals surface area (Å²) < 4.78 is 39.8. The van der Waals surface area contributed by atoms with Crippen molar-refractivity contribution in [2.45, 2.75) is 24.9 Å². The number of aromatic nitrogens is 2. The Hall–Kier alpha value is -1.33. The van der Waals surface area contributed by atoms with Crippen LogP contribution >= 0.6 is 0 Å². The molecule has 0 radical (unpaired) electrons. The zero-order valence-corrected chi connectivity index (χ0v) is 7.79. The molecule has 6 heteroatoms. The second-order valence-electron chi connectivity index (χ2n) is 3.47. The smallest absolute Gasteiger partial charge is 0.422 e. The fourth-order valence-electron chi connectivity index (χ4n) is 1.16. The first-order valence-corrected chi connectivity index (χ1v) is 4.58. The molecule has 1 heterocycles. The van der Waals surface area contributed by atoms with Gasteiger partial charge in [-0.2, -0.15) is 18.3 Å². The molecule has 0 aromatic carbocycles. The quantitative estimate of drug-likeness (QED) is 0.780. The van der Waals surface area contributed by atoms with E-state index in [2.05, 4.69) is 14.9 Å². The van der Waals surface area contributed by atoms with Crippen molar-refractivity contribution in [3.05, 3.63) is 17.8 Å². The fourth-order valence-corrected chi connectivity index (χ4v) is 1.16. The van der Waals surface area contributed by atoms with E-state index in [4.69, 9.17) is 0 Å². The van der Waals surface area contributed by atoms with Crippen LogP contribution in [0.1, 0.15) is 24.5 Å². The molecular weight excluding hydrogens is 209 g/mol. The highest BCUT2D eigenvalue weighted by atomic mass is 19.4. The maximum absolute atomic E-state index is 11.8. The lowest BCUT2D eigenvalue weighted by atomic mass is 10.3. The van der Waals surface area contributed by atoms with Crippen LogP contribution < -0.4 is 4.74 Å². The molecule has 1 saturated carbocycles. The zero-order valence-electron chi connectivity index (χ0n) is 7.79. The molecule has 0 spiro atoms. The first-order chi connectivity index (χ1) is 7.04. The van der Waals surface area contributed by atoms with Crippen LogP contribution in [0.15, 0.2) is 12.1 Å².